The Balaban J connectivity index is 1.01. The van der Waals surface area contributed by atoms with Gasteiger partial charge in [-0.2, -0.15) is 0 Å². The van der Waals surface area contributed by atoms with E-state index in [4.69, 9.17) is 23.8 Å². The number of para-hydroxylation sites is 4. The SMILES string of the molecule is c1ccc(-c2nc(-c3ccc(-c4cccc5c4sc4ccccc45)cc3)nc(-c3cc(-c4cccc5c4oc4ccccc45)cc(-c4cccc5c4oc4ccccc45)c3)n2)cc1. The Kier molecular flexibility index (Phi) is 8.01. The van der Waals surface area contributed by atoms with E-state index in [9.17, 15) is 0 Å². The number of furan rings is 2. The molecule has 0 aliphatic rings. The molecule has 0 aliphatic carbocycles. The van der Waals surface area contributed by atoms with E-state index in [2.05, 4.69) is 146 Å². The molecule has 4 heterocycles. The maximum atomic E-state index is 6.61. The Morgan fingerprint density at radius 1 is 0.302 bits per heavy atom. The molecule has 9 aromatic carbocycles. The van der Waals surface area contributed by atoms with Crippen LogP contribution in [0.4, 0.5) is 0 Å². The van der Waals surface area contributed by atoms with Gasteiger partial charge >= 0.3 is 0 Å². The van der Waals surface area contributed by atoms with Gasteiger partial charge in [-0.05, 0) is 58.7 Å². The fourth-order valence-corrected chi connectivity index (χ4v) is 10.4. The lowest BCUT2D eigenvalue weighted by molar-refractivity contribution is 0.670. The average molecular weight is 824 g/mol. The van der Waals surface area contributed by atoms with Crippen LogP contribution in [0.5, 0.6) is 0 Å². The van der Waals surface area contributed by atoms with Gasteiger partial charge in [-0.15, -0.1) is 11.3 Å². The van der Waals surface area contributed by atoms with Gasteiger partial charge in [0.25, 0.3) is 0 Å². The van der Waals surface area contributed by atoms with E-state index >= 15 is 0 Å². The summed E-state index contributed by atoms with van der Waals surface area (Å²) in [6, 6.07) is 69.7. The number of rotatable bonds is 6. The fourth-order valence-electron chi connectivity index (χ4n) is 9.14. The lowest BCUT2D eigenvalue weighted by atomic mass is 9.94. The number of benzene rings is 9. The molecule has 294 valence electrons. The first-order valence-corrected chi connectivity index (χ1v) is 21.8. The number of aromatic nitrogens is 3. The van der Waals surface area contributed by atoms with Gasteiger partial charge in [0, 0.05) is 69.5 Å². The maximum Gasteiger partial charge on any atom is 0.164 e. The van der Waals surface area contributed by atoms with E-state index < -0.39 is 0 Å². The van der Waals surface area contributed by atoms with E-state index in [1.807, 2.05) is 65.9 Å². The summed E-state index contributed by atoms with van der Waals surface area (Å²) in [5.41, 5.74) is 12.3. The minimum Gasteiger partial charge on any atom is -0.455 e. The zero-order chi connectivity index (χ0) is 41.4. The second-order valence-electron chi connectivity index (χ2n) is 15.9. The number of hydrogen-bond acceptors (Lipinski definition) is 6. The summed E-state index contributed by atoms with van der Waals surface area (Å²) < 4.78 is 15.8. The third-order valence-corrected chi connectivity index (χ3v) is 13.4. The van der Waals surface area contributed by atoms with Crippen LogP contribution in [0.15, 0.2) is 209 Å². The van der Waals surface area contributed by atoms with Crippen molar-refractivity contribution < 1.29 is 8.83 Å². The highest BCUT2D eigenvalue weighted by Crippen LogP contribution is 2.43. The van der Waals surface area contributed by atoms with E-state index in [0.717, 1.165) is 88.4 Å². The highest BCUT2D eigenvalue weighted by Gasteiger charge is 2.20. The van der Waals surface area contributed by atoms with E-state index in [0.29, 0.717) is 17.5 Å². The van der Waals surface area contributed by atoms with Crippen LogP contribution in [0, 0.1) is 0 Å². The Morgan fingerprint density at radius 2 is 0.746 bits per heavy atom. The van der Waals surface area contributed by atoms with Gasteiger partial charge in [-0.25, -0.2) is 15.0 Å². The molecule has 5 nitrogen and oxygen atoms in total. The number of thiophene rings is 1. The first-order chi connectivity index (χ1) is 31.2. The van der Waals surface area contributed by atoms with Crippen LogP contribution in [0.25, 0.3) is 132 Å². The second kappa shape index (κ2) is 14.2. The molecule has 0 fully saturated rings. The first-order valence-electron chi connectivity index (χ1n) is 21.0. The molecule has 0 amide bonds. The summed E-state index contributed by atoms with van der Waals surface area (Å²) in [5, 5.41) is 6.86. The lowest BCUT2D eigenvalue weighted by Crippen LogP contribution is -2.00. The van der Waals surface area contributed by atoms with Gasteiger partial charge in [0.05, 0.1) is 0 Å². The molecular formula is C57H33N3O2S. The van der Waals surface area contributed by atoms with Crippen molar-refractivity contribution in [2.75, 3.05) is 0 Å². The Bertz CT molecular complexity index is 3790. The van der Waals surface area contributed by atoms with Crippen molar-refractivity contribution in [2.24, 2.45) is 0 Å². The molecule has 4 aromatic heterocycles. The van der Waals surface area contributed by atoms with Crippen LogP contribution in [-0.4, -0.2) is 15.0 Å². The zero-order valence-corrected chi connectivity index (χ0v) is 34.4. The van der Waals surface area contributed by atoms with E-state index in [1.54, 1.807) is 0 Å². The number of fused-ring (bicyclic) bond motifs is 9. The summed E-state index contributed by atoms with van der Waals surface area (Å²) in [6.07, 6.45) is 0. The molecule has 0 atom stereocenters. The van der Waals surface area contributed by atoms with E-state index in [-0.39, 0.29) is 0 Å². The molecule has 13 rings (SSSR count). The molecule has 13 aromatic rings. The van der Waals surface area contributed by atoms with Crippen molar-refractivity contribution in [1.29, 1.82) is 0 Å². The van der Waals surface area contributed by atoms with Gasteiger partial charge in [0.2, 0.25) is 0 Å². The maximum absolute atomic E-state index is 6.61. The molecule has 0 saturated carbocycles. The minimum absolute atomic E-state index is 0.564. The fraction of sp³-hybridized carbons (Fsp3) is 0. The summed E-state index contributed by atoms with van der Waals surface area (Å²) in [7, 11) is 0. The van der Waals surface area contributed by atoms with Crippen molar-refractivity contribution in [2.45, 2.75) is 0 Å². The highest BCUT2D eigenvalue weighted by atomic mass is 32.1. The van der Waals surface area contributed by atoms with Crippen LogP contribution < -0.4 is 0 Å². The molecule has 0 aliphatic heterocycles. The molecular weight excluding hydrogens is 791 g/mol. The quantitative estimate of drug-likeness (QED) is 0.167. The van der Waals surface area contributed by atoms with Crippen molar-refractivity contribution in [3.8, 4) is 67.5 Å². The molecule has 0 spiro atoms. The van der Waals surface area contributed by atoms with Crippen molar-refractivity contribution >= 4 is 75.4 Å². The van der Waals surface area contributed by atoms with Gasteiger partial charge in [-0.3, -0.25) is 0 Å². The smallest absolute Gasteiger partial charge is 0.164 e. The predicted molar refractivity (Wildman–Crippen MR) is 260 cm³/mol. The van der Waals surface area contributed by atoms with Crippen LogP contribution in [-0.2, 0) is 0 Å². The third kappa shape index (κ3) is 5.87. The monoisotopic (exact) mass is 823 g/mol. The summed E-state index contributed by atoms with van der Waals surface area (Å²) in [6.45, 7) is 0. The van der Waals surface area contributed by atoms with Crippen molar-refractivity contribution in [3.05, 3.63) is 200 Å². The molecule has 0 saturated heterocycles. The molecule has 6 heteroatoms. The molecule has 0 radical (unpaired) electrons. The Hall–Kier alpha value is -8.19. The summed E-state index contributed by atoms with van der Waals surface area (Å²) in [5.74, 6) is 1.76. The summed E-state index contributed by atoms with van der Waals surface area (Å²) >= 11 is 1.84. The van der Waals surface area contributed by atoms with Crippen LogP contribution in [0.2, 0.25) is 0 Å². The van der Waals surface area contributed by atoms with E-state index in [1.165, 1.54) is 25.7 Å². The largest absolute Gasteiger partial charge is 0.455 e. The molecule has 0 bridgehead atoms. The summed E-state index contributed by atoms with van der Waals surface area (Å²) in [4.78, 5) is 15.6. The first kappa shape index (κ1) is 35.6. The minimum atomic E-state index is 0.564. The lowest BCUT2D eigenvalue weighted by Gasteiger charge is -2.13. The predicted octanol–water partition coefficient (Wildman–Crippen LogP) is 16.0. The van der Waals surface area contributed by atoms with Crippen LogP contribution in [0.1, 0.15) is 0 Å². The van der Waals surface area contributed by atoms with Crippen molar-refractivity contribution in [1.82, 2.24) is 15.0 Å². The Labute approximate surface area is 365 Å². The topological polar surface area (TPSA) is 65.0 Å². The number of hydrogen-bond donors (Lipinski definition) is 0. The van der Waals surface area contributed by atoms with Crippen LogP contribution >= 0.6 is 11.3 Å². The van der Waals surface area contributed by atoms with Gasteiger partial charge in [-0.1, -0.05) is 164 Å². The normalized spacial score (nSPS) is 11.8. The molecule has 0 N–H and O–H groups in total. The third-order valence-electron chi connectivity index (χ3n) is 12.1. The van der Waals surface area contributed by atoms with Gasteiger partial charge in [0.1, 0.15) is 22.3 Å². The molecule has 0 unspecified atom stereocenters. The average Bonchev–Trinajstić information content (AvgIpc) is 4.06. The standard InChI is InChI=1S/C57H33N3O2S/c1-2-13-35(14-3-1)55-58-56(36-29-27-34(28-30-36)42-20-12-23-48-45-17-6-9-26-51(45)63-54(42)48)60-57(59-55)39-32-37(40-18-10-21-46-43-15-4-7-24-49(43)61-52(40)46)31-38(33-39)41-19-11-22-47-44-16-5-8-25-50(44)62-53(41)47/h1-33H. The van der Waals surface area contributed by atoms with Crippen LogP contribution in [0.3, 0.4) is 0 Å². The van der Waals surface area contributed by atoms with Gasteiger partial charge in [0.15, 0.2) is 17.5 Å². The Morgan fingerprint density at radius 3 is 1.37 bits per heavy atom. The van der Waals surface area contributed by atoms with Crippen molar-refractivity contribution in [3.63, 3.8) is 0 Å². The van der Waals surface area contributed by atoms with Gasteiger partial charge < -0.3 is 8.83 Å². The highest BCUT2D eigenvalue weighted by molar-refractivity contribution is 7.26. The second-order valence-corrected chi connectivity index (χ2v) is 16.9. The zero-order valence-electron chi connectivity index (χ0n) is 33.6. The molecule has 63 heavy (non-hydrogen) atoms. The number of nitrogens with zero attached hydrogens (tertiary/aromatic N) is 3.